The number of nitrogens with zero attached hydrogens (tertiary/aromatic N) is 1. The summed E-state index contributed by atoms with van der Waals surface area (Å²) in [5.74, 6) is 0. The SMILES string of the molecule is Cc1ccc(C(C#N)Nc2ccc(S(N)(=O)=O)cc2)cc1. The molecule has 3 N–H and O–H groups in total. The van der Waals surface area contributed by atoms with E-state index in [0.717, 1.165) is 11.1 Å². The maximum atomic E-state index is 11.2. The highest BCUT2D eigenvalue weighted by Crippen LogP contribution is 2.20. The second-order valence-corrected chi connectivity index (χ2v) is 6.25. The van der Waals surface area contributed by atoms with Crippen LogP contribution in [0.4, 0.5) is 5.69 Å². The van der Waals surface area contributed by atoms with Crippen LogP contribution in [0, 0.1) is 18.3 Å². The molecule has 6 heteroatoms. The lowest BCUT2D eigenvalue weighted by Crippen LogP contribution is -2.12. The monoisotopic (exact) mass is 301 g/mol. The third-order valence-electron chi connectivity index (χ3n) is 3.03. The van der Waals surface area contributed by atoms with Gasteiger partial charge in [0.1, 0.15) is 6.04 Å². The molecule has 0 aliphatic carbocycles. The molecule has 0 aliphatic rings. The quantitative estimate of drug-likeness (QED) is 0.905. The first kappa shape index (κ1) is 15.0. The minimum Gasteiger partial charge on any atom is -0.366 e. The molecule has 0 aromatic heterocycles. The Morgan fingerprint density at radius 2 is 1.67 bits per heavy atom. The molecule has 108 valence electrons. The van der Waals surface area contributed by atoms with E-state index in [1.165, 1.54) is 12.1 Å². The maximum Gasteiger partial charge on any atom is 0.238 e. The molecule has 0 aliphatic heterocycles. The highest BCUT2D eigenvalue weighted by molar-refractivity contribution is 7.89. The molecule has 2 aromatic carbocycles. The van der Waals surface area contributed by atoms with E-state index in [1.54, 1.807) is 12.1 Å². The van der Waals surface area contributed by atoms with E-state index in [4.69, 9.17) is 5.14 Å². The van der Waals surface area contributed by atoms with Crippen LogP contribution >= 0.6 is 0 Å². The Labute approximate surface area is 124 Å². The Morgan fingerprint density at radius 1 is 1.10 bits per heavy atom. The van der Waals surface area contributed by atoms with Gasteiger partial charge in [0, 0.05) is 5.69 Å². The molecule has 0 heterocycles. The standard InChI is InChI=1S/C15H15N3O2S/c1-11-2-4-12(5-3-11)15(10-16)18-13-6-8-14(9-7-13)21(17,19)20/h2-9,15,18H,1H3,(H2,17,19,20). The summed E-state index contributed by atoms with van der Waals surface area (Å²) in [6.07, 6.45) is 0. The molecule has 0 bridgehead atoms. The number of nitriles is 1. The summed E-state index contributed by atoms with van der Waals surface area (Å²) in [4.78, 5) is 0.0388. The average Bonchev–Trinajstić information content (AvgIpc) is 2.45. The van der Waals surface area contributed by atoms with Crippen molar-refractivity contribution >= 4 is 15.7 Å². The van der Waals surface area contributed by atoms with Gasteiger partial charge in [0.05, 0.1) is 11.0 Å². The molecule has 0 saturated carbocycles. The van der Waals surface area contributed by atoms with Crippen LogP contribution in [-0.4, -0.2) is 8.42 Å². The average molecular weight is 301 g/mol. The number of sulfonamides is 1. The number of benzene rings is 2. The van der Waals surface area contributed by atoms with Gasteiger partial charge in [0.15, 0.2) is 0 Å². The van der Waals surface area contributed by atoms with Crippen LogP contribution < -0.4 is 10.5 Å². The molecule has 0 radical (unpaired) electrons. The zero-order chi connectivity index (χ0) is 15.5. The van der Waals surface area contributed by atoms with Gasteiger partial charge < -0.3 is 5.32 Å². The summed E-state index contributed by atoms with van der Waals surface area (Å²) in [6, 6.07) is 15.3. The van der Waals surface area contributed by atoms with E-state index in [0.29, 0.717) is 5.69 Å². The van der Waals surface area contributed by atoms with Crippen molar-refractivity contribution in [3.05, 3.63) is 59.7 Å². The zero-order valence-electron chi connectivity index (χ0n) is 11.4. The number of hydrogen-bond donors (Lipinski definition) is 2. The Kier molecular flexibility index (Phi) is 4.26. The predicted octanol–water partition coefficient (Wildman–Crippen LogP) is 2.32. The first-order valence-electron chi connectivity index (χ1n) is 6.26. The second kappa shape index (κ2) is 5.95. The lowest BCUT2D eigenvalue weighted by molar-refractivity contribution is 0.598. The maximum absolute atomic E-state index is 11.2. The molecule has 2 rings (SSSR count). The van der Waals surface area contributed by atoms with Gasteiger partial charge >= 0.3 is 0 Å². The van der Waals surface area contributed by atoms with Crippen LogP contribution in [0.5, 0.6) is 0 Å². The summed E-state index contributed by atoms with van der Waals surface area (Å²) in [5.41, 5.74) is 2.61. The lowest BCUT2D eigenvalue weighted by Gasteiger charge is -2.13. The fraction of sp³-hybridized carbons (Fsp3) is 0.133. The van der Waals surface area contributed by atoms with Crippen molar-refractivity contribution in [1.82, 2.24) is 0 Å². The highest BCUT2D eigenvalue weighted by Gasteiger charge is 2.11. The number of hydrogen-bond acceptors (Lipinski definition) is 4. The molecular weight excluding hydrogens is 286 g/mol. The molecule has 2 aromatic rings. The number of primary sulfonamides is 1. The smallest absolute Gasteiger partial charge is 0.238 e. The van der Waals surface area contributed by atoms with Crippen LogP contribution in [0.15, 0.2) is 53.4 Å². The number of anilines is 1. The fourth-order valence-electron chi connectivity index (χ4n) is 1.86. The van der Waals surface area contributed by atoms with Crippen molar-refractivity contribution in [2.45, 2.75) is 17.9 Å². The first-order chi connectivity index (χ1) is 9.90. The second-order valence-electron chi connectivity index (χ2n) is 4.69. The van der Waals surface area contributed by atoms with E-state index in [-0.39, 0.29) is 4.90 Å². The normalized spacial score (nSPS) is 12.4. The molecule has 0 saturated heterocycles. The van der Waals surface area contributed by atoms with Crippen molar-refractivity contribution in [3.8, 4) is 6.07 Å². The summed E-state index contributed by atoms with van der Waals surface area (Å²) >= 11 is 0. The molecule has 1 unspecified atom stereocenters. The van der Waals surface area contributed by atoms with Crippen LogP contribution in [0.2, 0.25) is 0 Å². The van der Waals surface area contributed by atoms with Crippen molar-refractivity contribution in [1.29, 1.82) is 5.26 Å². The van der Waals surface area contributed by atoms with Gasteiger partial charge in [-0.25, -0.2) is 13.6 Å². The largest absolute Gasteiger partial charge is 0.366 e. The van der Waals surface area contributed by atoms with Gasteiger partial charge in [-0.2, -0.15) is 5.26 Å². The minimum atomic E-state index is -3.70. The number of aryl methyl sites for hydroxylation is 1. The van der Waals surface area contributed by atoms with Crippen LogP contribution in [0.25, 0.3) is 0 Å². The third-order valence-corrected chi connectivity index (χ3v) is 3.96. The van der Waals surface area contributed by atoms with Crippen molar-refractivity contribution in [3.63, 3.8) is 0 Å². The fourth-order valence-corrected chi connectivity index (χ4v) is 2.37. The van der Waals surface area contributed by atoms with Gasteiger partial charge in [-0.05, 0) is 36.8 Å². The van der Waals surface area contributed by atoms with Gasteiger partial charge in [0.2, 0.25) is 10.0 Å². The van der Waals surface area contributed by atoms with Crippen molar-refractivity contribution < 1.29 is 8.42 Å². The Hall–Kier alpha value is -2.36. The Bertz CT molecular complexity index is 760. The Morgan fingerprint density at radius 3 is 2.14 bits per heavy atom. The van der Waals surface area contributed by atoms with Crippen LogP contribution in [-0.2, 0) is 10.0 Å². The van der Waals surface area contributed by atoms with Crippen molar-refractivity contribution in [2.24, 2.45) is 5.14 Å². The molecule has 0 amide bonds. The van der Waals surface area contributed by atoms with Gasteiger partial charge in [-0.15, -0.1) is 0 Å². The number of rotatable bonds is 4. The first-order valence-corrected chi connectivity index (χ1v) is 7.80. The van der Waals surface area contributed by atoms with Crippen LogP contribution in [0.1, 0.15) is 17.2 Å². The summed E-state index contributed by atoms with van der Waals surface area (Å²) < 4.78 is 22.4. The number of nitrogens with one attached hydrogen (secondary N) is 1. The molecule has 5 nitrogen and oxygen atoms in total. The Balaban J connectivity index is 2.20. The predicted molar refractivity (Wildman–Crippen MR) is 81.0 cm³/mol. The highest BCUT2D eigenvalue weighted by atomic mass is 32.2. The number of nitrogens with two attached hydrogens (primary N) is 1. The minimum absolute atomic E-state index is 0.0388. The third kappa shape index (κ3) is 3.81. The molecule has 1 atom stereocenters. The van der Waals surface area contributed by atoms with E-state index < -0.39 is 16.1 Å². The van der Waals surface area contributed by atoms with Crippen molar-refractivity contribution in [2.75, 3.05) is 5.32 Å². The van der Waals surface area contributed by atoms with Gasteiger partial charge in [-0.1, -0.05) is 29.8 Å². The van der Waals surface area contributed by atoms with Crippen LogP contribution in [0.3, 0.4) is 0 Å². The van der Waals surface area contributed by atoms with E-state index >= 15 is 0 Å². The molecule has 0 fully saturated rings. The topological polar surface area (TPSA) is 96.0 Å². The lowest BCUT2D eigenvalue weighted by atomic mass is 10.1. The van der Waals surface area contributed by atoms with E-state index in [1.807, 2.05) is 31.2 Å². The zero-order valence-corrected chi connectivity index (χ0v) is 12.3. The molecule has 0 spiro atoms. The molecule has 21 heavy (non-hydrogen) atoms. The van der Waals surface area contributed by atoms with E-state index in [9.17, 15) is 13.7 Å². The summed E-state index contributed by atoms with van der Waals surface area (Å²) in [7, 11) is -3.70. The molecular formula is C15H15N3O2S. The summed E-state index contributed by atoms with van der Waals surface area (Å²) in [5, 5.41) is 17.4. The van der Waals surface area contributed by atoms with Gasteiger partial charge in [0.25, 0.3) is 0 Å². The van der Waals surface area contributed by atoms with Gasteiger partial charge in [-0.3, -0.25) is 0 Å². The summed E-state index contributed by atoms with van der Waals surface area (Å²) in [6.45, 7) is 1.98. The van der Waals surface area contributed by atoms with E-state index in [2.05, 4.69) is 11.4 Å².